The first-order valence-electron chi connectivity index (χ1n) is 4.01. The fourth-order valence-electron chi connectivity index (χ4n) is 1.24. The maximum Gasteiger partial charge on any atom is 0.417 e. The summed E-state index contributed by atoms with van der Waals surface area (Å²) in [4.78, 5) is 3.29. The van der Waals surface area contributed by atoms with E-state index in [1.165, 1.54) is 22.6 Å². The van der Waals surface area contributed by atoms with E-state index >= 15 is 0 Å². The van der Waals surface area contributed by atoms with Gasteiger partial charge in [-0.15, -0.1) is 0 Å². The molecule has 0 amide bonds. The van der Waals surface area contributed by atoms with E-state index in [0.717, 1.165) is 6.20 Å². The zero-order valence-corrected chi connectivity index (χ0v) is 9.81. The van der Waals surface area contributed by atoms with Crippen LogP contribution in [0.15, 0.2) is 6.20 Å². The molecule has 16 heavy (non-hydrogen) atoms. The van der Waals surface area contributed by atoms with Crippen LogP contribution < -0.4 is 5.73 Å². The van der Waals surface area contributed by atoms with Crippen molar-refractivity contribution in [2.75, 3.05) is 0 Å². The van der Waals surface area contributed by atoms with Gasteiger partial charge in [0.15, 0.2) is 0 Å². The summed E-state index contributed by atoms with van der Waals surface area (Å²) in [5.41, 5.74) is 2.40. The molecule has 0 atom stereocenters. The van der Waals surface area contributed by atoms with Gasteiger partial charge < -0.3 is 5.73 Å². The van der Waals surface area contributed by atoms with Crippen molar-refractivity contribution in [3.8, 4) is 0 Å². The van der Waals surface area contributed by atoms with Crippen molar-refractivity contribution in [3.63, 3.8) is 0 Å². The molecule has 2 nitrogen and oxygen atoms in total. The van der Waals surface area contributed by atoms with Gasteiger partial charge in [0.05, 0.1) is 5.56 Å². The number of pyridine rings is 1. The van der Waals surface area contributed by atoms with Gasteiger partial charge in [0, 0.05) is 21.9 Å². The predicted octanol–water partition coefficient (Wildman–Crippen LogP) is 3.10. The molecule has 0 saturated heterocycles. The molecule has 1 aromatic rings. The summed E-state index contributed by atoms with van der Waals surface area (Å²) < 4.78 is 62.4. The minimum absolute atomic E-state index is 0.241. The van der Waals surface area contributed by atoms with Gasteiger partial charge >= 0.3 is 6.18 Å². The molecule has 0 aliphatic carbocycles. The predicted molar refractivity (Wildman–Crippen MR) is 54.8 cm³/mol. The summed E-state index contributed by atoms with van der Waals surface area (Å²) >= 11 is 1.39. The Morgan fingerprint density at radius 3 is 2.31 bits per heavy atom. The minimum Gasteiger partial charge on any atom is -0.326 e. The molecule has 0 unspecified atom stereocenters. The molecule has 0 radical (unpaired) electrons. The van der Waals surface area contributed by atoms with E-state index in [2.05, 4.69) is 4.98 Å². The van der Waals surface area contributed by atoms with Gasteiger partial charge in [-0.3, -0.25) is 4.98 Å². The van der Waals surface area contributed by atoms with Gasteiger partial charge in [-0.1, -0.05) is 0 Å². The third-order valence-electron chi connectivity index (χ3n) is 1.86. The lowest BCUT2D eigenvalue weighted by Gasteiger charge is -2.16. The molecule has 1 rings (SSSR count). The van der Waals surface area contributed by atoms with Crippen LogP contribution in [0.25, 0.3) is 0 Å². The highest BCUT2D eigenvalue weighted by molar-refractivity contribution is 14.1. The smallest absolute Gasteiger partial charge is 0.326 e. The Kier molecular flexibility index (Phi) is 4.05. The molecule has 0 aromatic carbocycles. The van der Waals surface area contributed by atoms with Crippen molar-refractivity contribution in [1.29, 1.82) is 0 Å². The lowest BCUT2D eigenvalue weighted by atomic mass is 10.1. The molecular weight excluding hydrogens is 346 g/mol. The van der Waals surface area contributed by atoms with E-state index in [0.29, 0.717) is 0 Å². The third kappa shape index (κ3) is 2.59. The molecule has 1 aromatic heterocycles. The Hall–Kier alpha value is -0.510. The zero-order valence-electron chi connectivity index (χ0n) is 7.65. The monoisotopic (exact) mass is 352 g/mol. The second-order valence-corrected chi connectivity index (χ2v) is 4.01. The van der Waals surface area contributed by atoms with E-state index in [-0.39, 0.29) is 3.57 Å². The highest BCUT2D eigenvalue weighted by Crippen LogP contribution is 2.37. The zero-order chi connectivity index (χ0) is 12.5. The van der Waals surface area contributed by atoms with E-state index in [4.69, 9.17) is 5.73 Å². The Balaban J connectivity index is 3.51. The summed E-state index contributed by atoms with van der Waals surface area (Å²) in [6, 6.07) is 0. The lowest BCUT2D eigenvalue weighted by molar-refractivity contribution is -0.139. The van der Waals surface area contributed by atoms with Crippen molar-refractivity contribution in [2.24, 2.45) is 5.73 Å². The molecule has 0 spiro atoms. The van der Waals surface area contributed by atoms with Crippen molar-refractivity contribution in [3.05, 3.63) is 26.6 Å². The summed E-state index contributed by atoms with van der Waals surface area (Å²) in [6.07, 6.45) is -7.02. The van der Waals surface area contributed by atoms with Crippen LogP contribution in [0, 0.1) is 3.57 Å². The standard InChI is InChI=1S/C8H6F5IN2/c9-7(10)6-3(1-15)5(8(11,12)13)4(14)2-16-6/h2,7H,1,15H2. The van der Waals surface area contributed by atoms with Crippen LogP contribution >= 0.6 is 22.6 Å². The first-order valence-corrected chi connectivity index (χ1v) is 5.09. The van der Waals surface area contributed by atoms with Crippen molar-refractivity contribution in [1.82, 2.24) is 4.98 Å². The largest absolute Gasteiger partial charge is 0.417 e. The van der Waals surface area contributed by atoms with Gasteiger partial charge in [-0.2, -0.15) is 13.2 Å². The van der Waals surface area contributed by atoms with E-state index < -0.39 is 36.0 Å². The number of hydrogen-bond donors (Lipinski definition) is 1. The Labute approximate surface area is 101 Å². The van der Waals surface area contributed by atoms with Crippen LogP contribution in [-0.4, -0.2) is 4.98 Å². The van der Waals surface area contributed by atoms with E-state index in [9.17, 15) is 22.0 Å². The van der Waals surface area contributed by atoms with Gasteiger partial charge in [0.25, 0.3) is 6.43 Å². The second kappa shape index (κ2) is 4.78. The summed E-state index contributed by atoms with van der Waals surface area (Å²) in [5, 5.41) is 0. The topological polar surface area (TPSA) is 38.9 Å². The van der Waals surface area contributed by atoms with Gasteiger partial charge in [-0.05, 0) is 22.6 Å². The summed E-state index contributed by atoms with van der Waals surface area (Å²) in [6.45, 7) is -0.627. The molecule has 8 heteroatoms. The molecule has 2 N–H and O–H groups in total. The normalized spacial score (nSPS) is 12.2. The number of halogens is 6. The average molecular weight is 352 g/mol. The number of nitrogens with two attached hydrogens (primary N) is 1. The van der Waals surface area contributed by atoms with Gasteiger partial charge in [-0.25, -0.2) is 8.78 Å². The molecular formula is C8H6F5IN2. The Morgan fingerprint density at radius 2 is 1.94 bits per heavy atom. The van der Waals surface area contributed by atoms with Crippen LogP contribution in [0.1, 0.15) is 23.2 Å². The van der Waals surface area contributed by atoms with Crippen molar-refractivity contribution < 1.29 is 22.0 Å². The SMILES string of the molecule is NCc1c(C(F)F)ncc(I)c1C(F)(F)F. The summed E-state index contributed by atoms with van der Waals surface area (Å²) in [7, 11) is 0. The van der Waals surface area contributed by atoms with Crippen LogP contribution in [-0.2, 0) is 12.7 Å². The first-order chi connectivity index (χ1) is 7.29. The van der Waals surface area contributed by atoms with Crippen LogP contribution in [0.5, 0.6) is 0 Å². The van der Waals surface area contributed by atoms with Gasteiger partial charge in [0.2, 0.25) is 0 Å². The number of rotatable bonds is 2. The summed E-state index contributed by atoms with van der Waals surface area (Å²) in [5.74, 6) is 0. The first kappa shape index (κ1) is 13.6. The van der Waals surface area contributed by atoms with Gasteiger partial charge in [0.1, 0.15) is 5.69 Å². The quantitative estimate of drug-likeness (QED) is 0.656. The number of hydrogen-bond acceptors (Lipinski definition) is 2. The van der Waals surface area contributed by atoms with E-state index in [1.807, 2.05) is 0 Å². The molecule has 0 fully saturated rings. The number of aromatic nitrogens is 1. The molecule has 0 bridgehead atoms. The van der Waals surface area contributed by atoms with E-state index in [1.54, 1.807) is 0 Å². The molecule has 0 aliphatic heterocycles. The molecule has 90 valence electrons. The number of alkyl halides is 5. The average Bonchev–Trinajstić information content (AvgIpc) is 2.14. The van der Waals surface area contributed by atoms with Crippen molar-refractivity contribution in [2.45, 2.75) is 19.1 Å². The maximum atomic E-state index is 12.6. The second-order valence-electron chi connectivity index (χ2n) is 2.85. The molecule has 0 aliphatic rings. The lowest BCUT2D eigenvalue weighted by Crippen LogP contribution is -2.17. The highest BCUT2D eigenvalue weighted by Gasteiger charge is 2.37. The highest BCUT2D eigenvalue weighted by atomic mass is 127. The molecule has 1 heterocycles. The Morgan fingerprint density at radius 1 is 1.38 bits per heavy atom. The maximum absolute atomic E-state index is 12.6. The fourth-order valence-corrected chi connectivity index (χ4v) is 2.01. The fraction of sp³-hybridized carbons (Fsp3) is 0.375. The minimum atomic E-state index is -4.71. The van der Waals surface area contributed by atoms with Crippen LogP contribution in [0.4, 0.5) is 22.0 Å². The van der Waals surface area contributed by atoms with Crippen molar-refractivity contribution >= 4 is 22.6 Å². The van der Waals surface area contributed by atoms with Crippen LogP contribution in [0.2, 0.25) is 0 Å². The molecule has 0 saturated carbocycles. The third-order valence-corrected chi connectivity index (χ3v) is 2.68. The Bertz CT molecular complexity index is 391. The van der Waals surface area contributed by atoms with Crippen LogP contribution in [0.3, 0.4) is 0 Å². The number of nitrogens with zero attached hydrogens (tertiary/aromatic N) is 1.